The summed E-state index contributed by atoms with van der Waals surface area (Å²) in [5.74, 6) is 0.451. The molecule has 15 heavy (non-hydrogen) atoms. The molecule has 0 aliphatic heterocycles. The van der Waals surface area contributed by atoms with Crippen LogP contribution in [0.5, 0.6) is 0 Å². The molecule has 3 aromatic heterocycles. The van der Waals surface area contributed by atoms with Gasteiger partial charge in [-0.05, 0) is 0 Å². The van der Waals surface area contributed by atoms with E-state index in [1.54, 1.807) is 12.4 Å². The second-order valence-electron chi connectivity index (χ2n) is 2.83. The number of hydrogen-bond acceptors (Lipinski definition) is 6. The lowest BCUT2D eigenvalue weighted by atomic mass is 10.1. The van der Waals surface area contributed by atoms with Gasteiger partial charge < -0.3 is 13.5 Å². The third-order valence-corrected chi connectivity index (χ3v) is 1.94. The van der Waals surface area contributed by atoms with Gasteiger partial charge in [0.25, 0.3) is 0 Å². The van der Waals surface area contributed by atoms with Crippen LogP contribution >= 0.6 is 0 Å². The highest BCUT2D eigenvalue weighted by molar-refractivity contribution is 5.74. The van der Waals surface area contributed by atoms with Gasteiger partial charge in [-0.2, -0.15) is 0 Å². The Balaban J connectivity index is 2.15. The maximum absolute atomic E-state index is 5.15. The van der Waals surface area contributed by atoms with E-state index in [1.165, 1.54) is 18.8 Å². The number of hydrogen-bond donors (Lipinski definition) is 0. The summed E-state index contributed by atoms with van der Waals surface area (Å²) in [6.45, 7) is 0. The number of rotatable bonds is 2. The molecule has 0 aliphatic carbocycles. The van der Waals surface area contributed by atoms with Crippen LogP contribution in [0.15, 0.2) is 44.6 Å². The molecule has 3 heterocycles. The fraction of sp³-hybridized carbons (Fsp3) is 0. The highest BCUT2D eigenvalue weighted by Gasteiger charge is 2.16. The summed E-state index contributed by atoms with van der Waals surface area (Å²) >= 11 is 0. The van der Waals surface area contributed by atoms with Crippen LogP contribution in [-0.4, -0.2) is 15.3 Å². The van der Waals surface area contributed by atoms with Crippen molar-refractivity contribution in [3.8, 4) is 22.7 Å². The first-order chi connectivity index (χ1) is 7.45. The summed E-state index contributed by atoms with van der Waals surface area (Å²) in [4.78, 5) is 4.01. The van der Waals surface area contributed by atoms with Crippen LogP contribution in [0.25, 0.3) is 22.7 Å². The molecule has 0 bridgehead atoms. The second kappa shape index (κ2) is 3.09. The van der Waals surface area contributed by atoms with Crippen molar-refractivity contribution in [2.24, 2.45) is 0 Å². The first-order valence-electron chi connectivity index (χ1n) is 4.19. The standard InChI is InChI=1S/C9H5N3O3/c1-2-13-9(10-1)7-5-15-12-8(7)6-3-11-14-4-6/h1-5H. The summed E-state index contributed by atoms with van der Waals surface area (Å²) in [6, 6.07) is 0. The van der Waals surface area contributed by atoms with E-state index in [4.69, 9.17) is 13.5 Å². The molecule has 0 saturated carbocycles. The van der Waals surface area contributed by atoms with Gasteiger partial charge in [-0.25, -0.2) is 4.98 Å². The minimum Gasteiger partial charge on any atom is -0.444 e. The molecule has 0 saturated heterocycles. The van der Waals surface area contributed by atoms with Crippen molar-refractivity contribution in [2.75, 3.05) is 0 Å². The lowest BCUT2D eigenvalue weighted by molar-refractivity contribution is 0.417. The first-order valence-corrected chi connectivity index (χ1v) is 4.19. The van der Waals surface area contributed by atoms with Crippen LogP contribution in [0.4, 0.5) is 0 Å². The molecule has 0 fully saturated rings. The molecule has 0 spiro atoms. The Hall–Kier alpha value is -2.37. The minimum atomic E-state index is 0.451. The van der Waals surface area contributed by atoms with Crippen molar-refractivity contribution >= 4 is 0 Å². The van der Waals surface area contributed by atoms with Gasteiger partial charge >= 0.3 is 0 Å². The summed E-state index contributed by atoms with van der Waals surface area (Å²) in [5, 5.41) is 7.43. The first kappa shape index (κ1) is 7.98. The molecule has 74 valence electrons. The fourth-order valence-electron chi connectivity index (χ4n) is 1.27. The predicted octanol–water partition coefficient (Wildman–Crippen LogP) is 1.98. The van der Waals surface area contributed by atoms with E-state index in [1.807, 2.05) is 0 Å². The van der Waals surface area contributed by atoms with Crippen LogP contribution in [-0.2, 0) is 0 Å². The van der Waals surface area contributed by atoms with Crippen molar-refractivity contribution < 1.29 is 13.5 Å². The zero-order chi connectivity index (χ0) is 10.1. The van der Waals surface area contributed by atoms with Gasteiger partial charge in [-0.15, -0.1) is 0 Å². The van der Waals surface area contributed by atoms with Crippen molar-refractivity contribution in [1.29, 1.82) is 0 Å². The molecule has 6 heteroatoms. The molecule has 0 unspecified atom stereocenters. The van der Waals surface area contributed by atoms with Crippen LogP contribution in [0.3, 0.4) is 0 Å². The Labute approximate surface area is 83.5 Å². The summed E-state index contributed by atoms with van der Waals surface area (Å²) in [6.07, 6.45) is 7.53. The van der Waals surface area contributed by atoms with Crippen LogP contribution in [0, 0.1) is 0 Å². The Morgan fingerprint density at radius 2 is 2.13 bits per heavy atom. The molecule has 0 N–H and O–H groups in total. The SMILES string of the molecule is c1coc(-c2conc2-c2cnoc2)n1. The molecule has 0 aromatic carbocycles. The number of aromatic nitrogens is 3. The quantitative estimate of drug-likeness (QED) is 0.633. The van der Waals surface area contributed by atoms with E-state index in [9.17, 15) is 0 Å². The van der Waals surface area contributed by atoms with E-state index < -0.39 is 0 Å². The van der Waals surface area contributed by atoms with Crippen molar-refractivity contribution in [3.05, 3.63) is 31.2 Å². The molecule has 6 nitrogen and oxygen atoms in total. The van der Waals surface area contributed by atoms with Gasteiger partial charge in [0.05, 0.1) is 18.0 Å². The average Bonchev–Trinajstić information content (AvgIpc) is 3.01. The van der Waals surface area contributed by atoms with Gasteiger partial charge in [0, 0.05) is 0 Å². The molecular formula is C9H5N3O3. The lowest BCUT2D eigenvalue weighted by Crippen LogP contribution is -1.79. The monoisotopic (exact) mass is 203 g/mol. The average molecular weight is 203 g/mol. The third-order valence-electron chi connectivity index (χ3n) is 1.94. The Bertz CT molecular complexity index is 490. The topological polar surface area (TPSA) is 78.1 Å². The van der Waals surface area contributed by atoms with Gasteiger partial charge in [0.15, 0.2) is 0 Å². The Morgan fingerprint density at radius 1 is 1.13 bits per heavy atom. The lowest BCUT2D eigenvalue weighted by Gasteiger charge is -1.90. The Kier molecular flexibility index (Phi) is 1.64. The second-order valence-corrected chi connectivity index (χ2v) is 2.83. The van der Waals surface area contributed by atoms with Crippen LogP contribution in [0.2, 0.25) is 0 Å². The van der Waals surface area contributed by atoms with Gasteiger partial charge in [-0.3, -0.25) is 0 Å². The van der Waals surface area contributed by atoms with Crippen LogP contribution in [0.1, 0.15) is 0 Å². The predicted molar refractivity (Wildman–Crippen MR) is 47.5 cm³/mol. The molecule has 0 radical (unpaired) electrons. The molecule has 0 amide bonds. The third kappa shape index (κ3) is 1.23. The van der Waals surface area contributed by atoms with Gasteiger partial charge in [-0.1, -0.05) is 10.3 Å². The maximum atomic E-state index is 5.15. The van der Waals surface area contributed by atoms with E-state index >= 15 is 0 Å². The van der Waals surface area contributed by atoms with Gasteiger partial charge in [0.2, 0.25) is 5.89 Å². The summed E-state index contributed by atoms with van der Waals surface area (Å²) in [5.41, 5.74) is 1.99. The Morgan fingerprint density at radius 3 is 2.87 bits per heavy atom. The van der Waals surface area contributed by atoms with E-state index in [0.29, 0.717) is 17.1 Å². The van der Waals surface area contributed by atoms with Crippen LogP contribution < -0.4 is 0 Å². The van der Waals surface area contributed by atoms with E-state index in [0.717, 1.165) is 5.56 Å². The van der Waals surface area contributed by atoms with Crippen molar-refractivity contribution in [2.45, 2.75) is 0 Å². The molecule has 3 aromatic rings. The highest BCUT2D eigenvalue weighted by atomic mass is 16.5. The smallest absolute Gasteiger partial charge is 0.231 e. The molecule has 0 aliphatic rings. The van der Waals surface area contributed by atoms with Crippen molar-refractivity contribution in [1.82, 2.24) is 15.3 Å². The fourth-order valence-corrected chi connectivity index (χ4v) is 1.27. The maximum Gasteiger partial charge on any atom is 0.231 e. The number of oxazole rings is 1. The summed E-state index contributed by atoms with van der Waals surface area (Å²) in [7, 11) is 0. The minimum absolute atomic E-state index is 0.451. The van der Waals surface area contributed by atoms with E-state index in [-0.39, 0.29) is 0 Å². The highest BCUT2D eigenvalue weighted by Crippen LogP contribution is 2.29. The largest absolute Gasteiger partial charge is 0.444 e. The normalized spacial score (nSPS) is 10.7. The van der Waals surface area contributed by atoms with Gasteiger partial charge in [0.1, 0.15) is 30.0 Å². The zero-order valence-electron chi connectivity index (χ0n) is 7.45. The summed E-state index contributed by atoms with van der Waals surface area (Å²) < 4.78 is 14.8. The molecule has 3 rings (SSSR count). The molecular weight excluding hydrogens is 198 g/mol. The van der Waals surface area contributed by atoms with Crippen molar-refractivity contribution in [3.63, 3.8) is 0 Å². The number of nitrogens with zero attached hydrogens (tertiary/aromatic N) is 3. The zero-order valence-corrected chi connectivity index (χ0v) is 7.45. The molecule has 0 atom stereocenters. The van der Waals surface area contributed by atoms with E-state index in [2.05, 4.69) is 15.3 Å².